The van der Waals surface area contributed by atoms with Crippen LogP contribution in [-0.2, 0) is 6.54 Å². The fourth-order valence-corrected chi connectivity index (χ4v) is 2.37. The van der Waals surface area contributed by atoms with Gasteiger partial charge in [-0.2, -0.15) is 0 Å². The molecule has 0 aliphatic heterocycles. The van der Waals surface area contributed by atoms with Gasteiger partial charge in [0.15, 0.2) is 0 Å². The summed E-state index contributed by atoms with van der Waals surface area (Å²) in [5, 5.41) is 3.46. The molecule has 0 bridgehead atoms. The molecule has 2 rings (SSSR count). The van der Waals surface area contributed by atoms with Crippen LogP contribution in [0.1, 0.15) is 46.1 Å². The van der Waals surface area contributed by atoms with Gasteiger partial charge < -0.3 is 10.2 Å². The predicted octanol–water partition coefficient (Wildman–Crippen LogP) is 3.95. The van der Waals surface area contributed by atoms with E-state index in [1.54, 1.807) is 12.1 Å². The Morgan fingerprint density at radius 1 is 1.30 bits per heavy atom. The summed E-state index contributed by atoms with van der Waals surface area (Å²) in [6.45, 7) is 11.4. The van der Waals surface area contributed by atoms with Crippen molar-refractivity contribution in [2.75, 3.05) is 18.0 Å². The summed E-state index contributed by atoms with van der Waals surface area (Å²) >= 11 is 0. The largest absolute Gasteiger partial charge is 0.371 e. The van der Waals surface area contributed by atoms with Crippen molar-refractivity contribution in [3.63, 3.8) is 0 Å². The Bertz CT molecular complexity index is 447. The Hall–Kier alpha value is -1.09. The molecular weight excluding hydrogens is 251 g/mol. The second kappa shape index (κ2) is 6.13. The lowest BCUT2D eigenvalue weighted by Crippen LogP contribution is -2.36. The molecule has 1 aromatic rings. The molecular formula is C17H27FN2. The molecule has 0 aromatic heterocycles. The fourth-order valence-electron chi connectivity index (χ4n) is 2.37. The predicted molar refractivity (Wildman–Crippen MR) is 83.6 cm³/mol. The first kappa shape index (κ1) is 15.3. The second-order valence-corrected chi connectivity index (χ2v) is 6.86. The zero-order valence-corrected chi connectivity index (χ0v) is 13.2. The Kier molecular flexibility index (Phi) is 4.69. The van der Waals surface area contributed by atoms with Crippen molar-refractivity contribution in [1.29, 1.82) is 0 Å². The maximum absolute atomic E-state index is 13.6. The molecule has 0 unspecified atom stereocenters. The summed E-state index contributed by atoms with van der Waals surface area (Å²) in [5.74, 6) is 0.686. The van der Waals surface area contributed by atoms with Crippen LogP contribution < -0.4 is 10.2 Å². The van der Waals surface area contributed by atoms with Crippen LogP contribution in [-0.4, -0.2) is 18.6 Å². The van der Waals surface area contributed by atoms with E-state index < -0.39 is 0 Å². The Morgan fingerprint density at radius 3 is 2.55 bits per heavy atom. The van der Waals surface area contributed by atoms with Crippen molar-refractivity contribution >= 4 is 5.69 Å². The molecule has 20 heavy (non-hydrogen) atoms. The molecule has 1 aliphatic carbocycles. The molecule has 0 spiro atoms. The number of rotatable bonds is 6. The van der Waals surface area contributed by atoms with Crippen molar-refractivity contribution in [2.45, 2.75) is 52.6 Å². The van der Waals surface area contributed by atoms with E-state index in [0.717, 1.165) is 24.6 Å². The molecule has 1 N–H and O–H groups in total. The molecule has 3 heteroatoms. The molecule has 0 radical (unpaired) electrons. The summed E-state index contributed by atoms with van der Waals surface area (Å²) in [6.07, 6.45) is 2.68. The summed E-state index contributed by atoms with van der Waals surface area (Å²) in [4.78, 5) is 2.39. The van der Waals surface area contributed by atoms with Gasteiger partial charge in [0.1, 0.15) is 5.82 Å². The zero-order chi connectivity index (χ0) is 14.8. The van der Waals surface area contributed by atoms with Gasteiger partial charge in [0.2, 0.25) is 0 Å². The average molecular weight is 278 g/mol. The Morgan fingerprint density at radius 2 is 2.00 bits per heavy atom. The molecule has 0 saturated heterocycles. The fraction of sp³-hybridized carbons (Fsp3) is 0.647. The van der Waals surface area contributed by atoms with Crippen LogP contribution >= 0.6 is 0 Å². The smallest absolute Gasteiger partial charge is 0.123 e. The maximum Gasteiger partial charge on any atom is 0.123 e. The van der Waals surface area contributed by atoms with E-state index in [2.05, 4.69) is 37.9 Å². The van der Waals surface area contributed by atoms with Crippen LogP contribution in [0.3, 0.4) is 0 Å². The van der Waals surface area contributed by atoms with Gasteiger partial charge in [0, 0.05) is 30.9 Å². The molecule has 0 atom stereocenters. The number of halogens is 1. The molecule has 0 heterocycles. The number of anilines is 1. The zero-order valence-electron chi connectivity index (χ0n) is 13.2. The minimum absolute atomic E-state index is 0.0388. The molecule has 0 amide bonds. The van der Waals surface area contributed by atoms with Gasteiger partial charge in [-0.1, -0.05) is 0 Å². The van der Waals surface area contributed by atoms with Crippen LogP contribution in [0.2, 0.25) is 0 Å². The van der Waals surface area contributed by atoms with Crippen molar-refractivity contribution < 1.29 is 4.39 Å². The van der Waals surface area contributed by atoms with Crippen molar-refractivity contribution in [2.24, 2.45) is 5.92 Å². The Labute approximate surface area is 122 Å². The lowest BCUT2D eigenvalue weighted by Gasteiger charge is -2.28. The number of hydrogen-bond acceptors (Lipinski definition) is 2. The van der Waals surface area contributed by atoms with Gasteiger partial charge in [0.25, 0.3) is 0 Å². The third-order valence-corrected chi connectivity index (χ3v) is 3.75. The lowest BCUT2D eigenvalue weighted by molar-refractivity contribution is 0.423. The molecule has 1 aromatic carbocycles. The third-order valence-electron chi connectivity index (χ3n) is 3.75. The van der Waals surface area contributed by atoms with E-state index >= 15 is 0 Å². The van der Waals surface area contributed by atoms with E-state index in [-0.39, 0.29) is 11.4 Å². The highest BCUT2D eigenvalue weighted by Gasteiger charge is 2.25. The van der Waals surface area contributed by atoms with Crippen LogP contribution in [0.15, 0.2) is 18.2 Å². The quantitative estimate of drug-likeness (QED) is 0.847. The van der Waals surface area contributed by atoms with Gasteiger partial charge in [0.05, 0.1) is 0 Å². The molecule has 2 nitrogen and oxygen atoms in total. The van der Waals surface area contributed by atoms with Crippen molar-refractivity contribution in [3.05, 3.63) is 29.6 Å². The minimum atomic E-state index is -0.151. The second-order valence-electron chi connectivity index (χ2n) is 6.86. The summed E-state index contributed by atoms with van der Waals surface area (Å²) in [7, 11) is 0. The first-order valence-electron chi connectivity index (χ1n) is 7.67. The van der Waals surface area contributed by atoms with Crippen molar-refractivity contribution in [1.82, 2.24) is 5.32 Å². The molecule has 112 valence electrons. The average Bonchev–Trinajstić information content (AvgIpc) is 3.17. The van der Waals surface area contributed by atoms with E-state index in [0.29, 0.717) is 6.54 Å². The van der Waals surface area contributed by atoms with Gasteiger partial charge in [-0.15, -0.1) is 0 Å². The number of nitrogens with zero attached hydrogens (tertiary/aromatic N) is 1. The number of benzene rings is 1. The normalized spacial score (nSPS) is 15.4. The van der Waals surface area contributed by atoms with Crippen LogP contribution in [0.4, 0.5) is 10.1 Å². The van der Waals surface area contributed by atoms with Crippen molar-refractivity contribution in [3.8, 4) is 0 Å². The summed E-state index contributed by atoms with van der Waals surface area (Å²) < 4.78 is 13.6. The summed E-state index contributed by atoms with van der Waals surface area (Å²) in [6, 6.07) is 5.18. The van der Waals surface area contributed by atoms with Gasteiger partial charge in [-0.05, 0) is 70.2 Å². The highest BCUT2D eigenvalue weighted by atomic mass is 19.1. The Balaban J connectivity index is 2.16. The third kappa shape index (κ3) is 4.48. The van der Waals surface area contributed by atoms with Gasteiger partial charge in [-0.3, -0.25) is 0 Å². The lowest BCUT2D eigenvalue weighted by atomic mass is 10.1. The highest BCUT2D eigenvalue weighted by molar-refractivity contribution is 5.54. The van der Waals surface area contributed by atoms with Gasteiger partial charge >= 0.3 is 0 Å². The highest BCUT2D eigenvalue weighted by Crippen LogP contribution is 2.32. The van der Waals surface area contributed by atoms with E-state index in [9.17, 15) is 4.39 Å². The number of hydrogen-bond donors (Lipinski definition) is 1. The summed E-state index contributed by atoms with van der Waals surface area (Å²) in [5.41, 5.74) is 2.27. The maximum atomic E-state index is 13.6. The van der Waals surface area contributed by atoms with E-state index in [1.165, 1.54) is 18.5 Å². The first-order chi connectivity index (χ1) is 9.39. The SMILES string of the molecule is CCN(CC1CC1)c1ccc(F)cc1CNC(C)(C)C. The van der Waals surface area contributed by atoms with E-state index in [1.807, 2.05) is 6.07 Å². The van der Waals surface area contributed by atoms with Crippen LogP contribution in [0.5, 0.6) is 0 Å². The van der Waals surface area contributed by atoms with Gasteiger partial charge in [-0.25, -0.2) is 4.39 Å². The molecule has 1 aliphatic rings. The molecule has 1 saturated carbocycles. The topological polar surface area (TPSA) is 15.3 Å². The van der Waals surface area contributed by atoms with Crippen LogP contribution in [0, 0.1) is 11.7 Å². The molecule has 1 fully saturated rings. The van der Waals surface area contributed by atoms with E-state index in [4.69, 9.17) is 0 Å². The van der Waals surface area contributed by atoms with Crippen LogP contribution in [0.25, 0.3) is 0 Å². The number of nitrogens with one attached hydrogen (secondary N) is 1. The standard InChI is InChI=1S/C17H27FN2/c1-5-20(12-13-6-7-13)16-9-8-15(18)10-14(16)11-19-17(2,3)4/h8-10,13,19H,5-7,11-12H2,1-4H3. The first-order valence-corrected chi connectivity index (χ1v) is 7.67. The minimum Gasteiger partial charge on any atom is -0.371 e. The monoisotopic (exact) mass is 278 g/mol.